The minimum Gasteiger partial charge on any atom is -0.497 e. The summed E-state index contributed by atoms with van der Waals surface area (Å²) in [5, 5.41) is 7.49. The number of hydrazone groups is 1. The van der Waals surface area contributed by atoms with Crippen LogP contribution in [0.25, 0.3) is 0 Å². The van der Waals surface area contributed by atoms with E-state index in [1.165, 1.54) is 6.21 Å². The quantitative estimate of drug-likeness (QED) is 0.596. The minimum atomic E-state index is -0.279. The normalized spacial score (nSPS) is 10.5. The summed E-state index contributed by atoms with van der Waals surface area (Å²) in [6.45, 7) is 0.0808. The topological polar surface area (TPSA) is 72.0 Å². The molecule has 1 amide bonds. The fourth-order valence-corrected chi connectivity index (χ4v) is 2.11. The highest BCUT2D eigenvalue weighted by Gasteiger charge is 2.03. The summed E-state index contributed by atoms with van der Waals surface area (Å²) in [4.78, 5) is 11.8. The van der Waals surface area contributed by atoms with Crippen molar-refractivity contribution in [1.29, 1.82) is 0 Å². The van der Waals surface area contributed by atoms with E-state index >= 15 is 0 Å². The Kier molecular flexibility index (Phi) is 6.45. The molecule has 0 saturated heterocycles. The summed E-state index contributed by atoms with van der Waals surface area (Å²) in [7, 11) is 3.13. The second kappa shape index (κ2) is 8.79. The summed E-state index contributed by atoms with van der Waals surface area (Å²) in [5.41, 5.74) is 3.93. The van der Waals surface area contributed by atoms with Crippen molar-refractivity contribution < 1.29 is 14.3 Å². The van der Waals surface area contributed by atoms with E-state index in [9.17, 15) is 4.79 Å². The van der Waals surface area contributed by atoms with Gasteiger partial charge in [-0.2, -0.15) is 5.10 Å². The molecular formula is C17H18ClN3O3. The highest BCUT2D eigenvalue weighted by atomic mass is 35.5. The first kappa shape index (κ1) is 17.6. The predicted molar refractivity (Wildman–Crippen MR) is 95.2 cm³/mol. The van der Waals surface area contributed by atoms with Crippen LogP contribution in [0.15, 0.2) is 47.6 Å². The fourth-order valence-electron chi connectivity index (χ4n) is 1.92. The molecule has 2 N–H and O–H groups in total. The van der Waals surface area contributed by atoms with Gasteiger partial charge in [0.05, 0.1) is 27.0 Å². The molecule has 6 nitrogen and oxygen atoms in total. The Balaban J connectivity index is 1.88. The Morgan fingerprint density at radius 2 is 2.04 bits per heavy atom. The average Bonchev–Trinajstić information content (AvgIpc) is 2.60. The van der Waals surface area contributed by atoms with Gasteiger partial charge in [0, 0.05) is 22.3 Å². The summed E-state index contributed by atoms with van der Waals surface area (Å²) in [6, 6.07) is 12.4. The van der Waals surface area contributed by atoms with E-state index in [0.29, 0.717) is 16.5 Å². The Morgan fingerprint density at radius 3 is 2.75 bits per heavy atom. The standard InChI is InChI=1S/C17H18ClN3O3/c1-23-15-7-6-12(16(9-15)24-2)10-20-21-17(22)11-19-14-5-3-4-13(18)8-14/h3-10,19H,11H2,1-2H3,(H,21,22)/b20-10+. The van der Waals surface area contributed by atoms with Gasteiger partial charge >= 0.3 is 0 Å². The number of methoxy groups -OCH3 is 2. The van der Waals surface area contributed by atoms with Gasteiger partial charge in [-0.1, -0.05) is 17.7 Å². The van der Waals surface area contributed by atoms with Crippen LogP contribution < -0.4 is 20.2 Å². The molecule has 126 valence electrons. The zero-order chi connectivity index (χ0) is 17.4. The van der Waals surface area contributed by atoms with Crippen molar-refractivity contribution in [1.82, 2.24) is 5.43 Å². The zero-order valence-corrected chi connectivity index (χ0v) is 14.1. The summed E-state index contributed by atoms with van der Waals surface area (Å²) in [5.74, 6) is 1.00. The van der Waals surface area contributed by atoms with Gasteiger partial charge in [0.25, 0.3) is 5.91 Å². The van der Waals surface area contributed by atoms with E-state index in [4.69, 9.17) is 21.1 Å². The molecule has 0 radical (unpaired) electrons. The van der Waals surface area contributed by atoms with Crippen molar-refractivity contribution in [3.05, 3.63) is 53.1 Å². The number of rotatable bonds is 7. The molecule has 0 aliphatic rings. The number of nitrogens with zero attached hydrogens (tertiary/aromatic N) is 1. The Hall–Kier alpha value is -2.73. The third kappa shape index (κ3) is 5.17. The van der Waals surface area contributed by atoms with E-state index in [1.54, 1.807) is 50.6 Å². The van der Waals surface area contributed by atoms with Crippen LogP contribution in [0.3, 0.4) is 0 Å². The smallest absolute Gasteiger partial charge is 0.259 e. The van der Waals surface area contributed by atoms with Gasteiger partial charge in [-0.3, -0.25) is 4.79 Å². The van der Waals surface area contributed by atoms with Crippen LogP contribution in [0.5, 0.6) is 11.5 Å². The number of ether oxygens (including phenoxy) is 2. The molecular weight excluding hydrogens is 330 g/mol. The first-order chi connectivity index (χ1) is 11.6. The van der Waals surface area contributed by atoms with Crippen LogP contribution in [0.4, 0.5) is 5.69 Å². The number of carbonyl (C=O) groups is 1. The molecule has 0 unspecified atom stereocenters. The molecule has 0 heterocycles. The average molecular weight is 348 g/mol. The minimum absolute atomic E-state index is 0.0808. The van der Waals surface area contributed by atoms with Crippen LogP contribution in [-0.4, -0.2) is 32.9 Å². The van der Waals surface area contributed by atoms with E-state index in [0.717, 1.165) is 11.3 Å². The molecule has 0 aromatic heterocycles. The van der Waals surface area contributed by atoms with Crippen LogP contribution >= 0.6 is 11.6 Å². The van der Waals surface area contributed by atoms with Gasteiger partial charge in [-0.15, -0.1) is 0 Å². The third-order valence-electron chi connectivity index (χ3n) is 3.11. The van der Waals surface area contributed by atoms with E-state index in [1.807, 2.05) is 6.07 Å². The second-order valence-electron chi connectivity index (χ2n) is 4.76. The molecule has 7 heteroatoms. The first-order valence-corrected chi connectivity index (χ1v) is 7.53. The largest absolute Gasteiger partial charge is 0.497 e. The predicted octanol–water partition coefficient (Wildman–Crippen LogP) is 2.92. The molecule has 0 spiro atoms. The van der Waals surface area contributed by atoms with Gasteiger partial charge in [-0.25, -0.2) is 5.43 Å². The van der Waals surface area contributed by atoms with Gasteiger partial charge in [0.1, 0.15) is 11.5 Å². The number of carbonyl (C=O) groups excluding carboxylic acids is 1. The lowest BCUT2D eigenvalue weighted by molar-refractivity contribution is -0.119. The molecule has 2 aromatic rings. The zero-order valence-electron chi connectivity index (χ0n) is 13.4. The Morgan fingerprint density at radius 1 is 1.21 bits per heavy atom. The number of hydrogen-bond donors (Lipinski definition) is 2. The maximum Gasteiger partial charge on any atom is 0.259 e. The summed E-state index contributed by atoms with van der Waals surface area (Å²) < 4.78 is 10.4. The molecule has 0 atom stereocenters. The monoisotopic (exact) mass is 347 g/mol. The van der Waals surface area contributed by atoms with Crippen molar-refractivity contribution in [2.24, 2.45) is 5.10 Å². The van der Waals surface area contributed by atoms with Gasteiger partial charge in [0.2, 0.25) is 0 Å². The third-order valence-corrected chi connectivity index (χ3v) is 3.35. The van der Waals surface area contributed by atoms with Crippen molar-refractivity contribution in [3.63, 3.8) is 0 Å². The number of hydrogen-bond acceptors (Lipinski definition) is 5. The highest BCUT2D eigenvalue weighted by Crippen LogP contribution is 2.22. The van der Waals surface area contributed by atoms with Gasteiger partial charge in [0.15, 0.2) is 0 Å². The maximum atomic E-state index is 11.8. The SMILES string of the molecule is COc1ccc(/C=N/NC(=O)CNc2cccc(Cl)c2)c(OC)c1. The van der Waals surface area contributed by atoms with E-state index < -0.39 is 0 Å². The lowest BCUT2D eigenvalue weighted by Gasteiger charge is -2.07. The number of halogens is 1. The van der Waals surface area contributed by atoms with Crippen LogP contribution in [0.2, 0.25) is 5.02 Å². The second-order valence-corrected chi connectivity index (χ2v) is 5.20. The van der Waals surface area contributed by atoms with Crippen molar-refractivity contribution >= 4 is 29.4 Å². The van der Waals surface area contributed by atoms with Crippen molar-refractivity contribution in [3.8, 4) is 11.5 Å². The van der Waals surface area contributed by atoms with Gasteiger partial charge < -0.3 is 14.8 Å². The molecule has 2 aromatic carbocycles. The molecule has 0 saturated carbocycles. The Labute approximate surface area is 145 Å². The number of benzene rings is 2. The fraction of sp³-hybridized carbons (Fsp3) is 0.176. The highest BCUT2D eigenvalue weighted by molar-refractivity contribution is 6.30. The molecule has 0 fully saturated rings. The molecule has 2 rings (SSSR count). The van der Waals surface area contributed by atoms with Crippen LogP contribution in [-0.2, 0) is 4.79 Å². The molecule has 24 heavy (non-hydrogen) atoms. The van der Waals surface area contributed by atoms with Crippen LogP contribution in [0, 0.1) is 0 Å². The Bertz CT molecular complexity index is 735. The number of anilines is 1. The van der Waals surface area contributed by atoms with E-state index in [-0.39, 0.29) is 12.5 Å². The molecule has 0 aliphatic heterocycles. The number of amides is 1. The van der Waals surface area contributed by atoms with Gasteiger partial charge in [-0.05, 0) is 30.3 Å². The summed E-state index contributed by atoms with van der Waals surface area (Å²) >= 11 is 5.88. The first-order valence-electron chi connectivity index (χ1n) is 7.15. The lowest BCUT2D eigenvalue weighted by Crippen LogP contribution is -2.25. The maximum absolute atomic E-state index is 11.8. The summed E-state index contributed by atoms with van der Waals surface area (Å²) in [6.07, 6.45) is 1.51. The van der Waals surface area contributed by atoms with E-state index in [2.05, 4.69) is 15.8 Å². The molecule has 0 bridgehead atoms. The lowest BCUT2D eigenvalue weighted by atomic mass is 10.2. The van der Waals surface area contributed by atoms with Crippen molar-refractivity contribution in [2.75, 3.05) is 26.1 Å². The number of nitrogens with one attached hydrogen (secondary N) is 2. The molecule has 0 aliphatic carbocycles. The van der Waals surface area contributed by atoms with Crippen molar-refractivity contribution in [2.45, 2.75) is 0 Å². The van der Waals surface area contributed by atoms with Crippen LogP contribution in [0.1, 0.15) is 5.56 Å².